The number of allylic oxidation sites excluding steroid dienone is 5. The van der Waals surface area contributed by atoms with Crippen molar-refractivity contribution in [1.29, 1.82) is 0 Å². The molecule has 0 aliphatic carbocycles. The molecular formula is C23H28N2OS2. The average molecular weight is 413 g/mol. The van der Waals surface area contributed by atoms with E-state index in [0.717, 1.165) is 58.6 Å². The van der Waals surface area contributed by atoms with Crippen LogP contribution in [0.25, 0.3) is 11.3 Å². The van der Waals surface area contributed by atoms with Gasteiger partial charge in [0.05, 0.1) is 0 Å². The number of piperidine rings is 1. The van der Waals surface area contributed by atoms with Crippen molar-refractivity contribution in [3.05, 3.63) is 65.4 Å². The summed E-state index contributed by atoms with van der Waals surface area (Å²) in [4.78, 5) is 7.36. The van der Waals surface area contributed by atoms with Crippen LogP contribution in [0.5, 0.6) is 0 Å². The number of rotatable bonds is 7. The first-order valence-electron chi connectivity index (χ1n) is 9.62. The minimum atomic E-state index is 0.395. The van der Waals surface area contributed by atoms with Crippen LogP contribution in [-0.4, -0.2) is 24.3 Å². The number of hydrogen-bond acceptors (Lipinski definition) is 5. The topological polar surface area (TPSA) is 38.1 Å². The molecule has 0 bridgehead atoms. The molecule has 2 heterocycles. The number of nitrogens with one attached hydrogen (secondary N) is 1. The predicted molar refractivity (Wildman–Crippen MR) is 122 cm³/mol. The van der Waals surface area contributed by atoms with Crippen LogP contribution >= 0.6 is 23.5 Å². The first-order chi connectivity index (χ1) is 13.6. The first kappa shape index (κ1) is 21.0. The Bertz CT molecular complexity index is 859. The number of hydrogen-bond donors (Lipinski definition) is 1. The Morgan fingerprint density at radius 3 is 2.54 bits per heavy atom. The van der Waals surface area contributed by atoms with Gasteiger partial charge in [0.25, 0.3) is 0 Å². The Morgan fingerprint density at radius 2 is 1.89 bits per heavy atom. The van der Waals surface area contributed by atoms with E-state index in [4.69, 9.17) is 9.40 Å². The molecule has 0 saturated carbocycles. The van der Waals surface area contributed by atoms with Crippen molar-refractivity contribution in [3.63, 3.8) is 0 Å². The van der Waals surface area contributed by atoms with Gasteiger partial charge < -0.3 is 9.73 Å². The van der Waals surface area contributed by atoms with Crippen molar-refractivity contribution < 1.29 is 4.42 Å². The van der Waals surface area contributed by atoms with Gasteiger partial charge in [0, 0.05) is 16.4 Å². The molecule has 0 amide bonds. The van der Waals surface area contributed by atoms with E-state index in [1.54, 1.807) is 23.5 Å². The molecule has 1 saturated heterocycles. The van der Waals surface area contributed by atoms with Crippen LogP contribution in [0.3, 0.4) is 0 Å². The standard InChI is InChI=1S/C23H28N2OS2/c1-5-16(2)6-7-17(3)28-23-21(18-8-10-20(27-4)11-9-18)25-22(26-23)19-12-14-24-15-13-19/h5-11,19,24H,1,12-15H2,2-4H3/b16-6-,17-7+. The monoisotopic (exact) mass is 412 g/mol. The summed E-state index contributed by atoms with van der Waals surface area (Å²) >= 11 is 3.39. The quantitative estimate of drug-likeness (QED) is 0.407. The fourth-order valence-corrected chi connectivity index (χ4v) is 4.29. The van der Waals surface area contributed by atoms with E-state index in [-0.39, 0.29) is 0 Å². The highest BCUT2D eigenvalue weighted by atomic mass is 32.2. The second-order valence-corrected chi connectivity index (χ2v) is 9.03. The Morgan fingerprint density at radius 1 is 1.18 bits per heavy atom. The molecule has 3 rings (SSSR count). The maximum Gasteiger partial charge on any atom is 0.199 e. The maximum atomic E-state index is 6.31. The maximum absolute atomic E-state index is 6.31. The highest BCUT2D eigenvalue weighted by Crippen LogP contribution is 2.39. The number of thioether (sulfide) groups is 2. The normalized spacial score (nSPS) is 16.4. The molecule has 0 atom stereocenters. The lowest BCUT2D eigenvalue weighted by atomic mass is 9.98. The number of oxazole rings is 1. The summed E-state index contributed by atoms with van der Waals surface area (Å²) in [6.45, 7) is 10.0. The van der Waals surface area contributed by atoms with Gasteiger partial charge in [-0.05, 0) is 63.1 Å². The van der Waals surface area contributed by atoms with Crippen molar-refractivity contribution in [2.75, 3.05) is 19.3 Å². The fraction of sp³-hybridized carbons (Fsp3) is 0.348. The van der Waals surface area contributed by atoms with Crippen molar-refractivity contribution in [1.82, 2.24) is 10.3 Å². The van der Waals surface area contributed by atoms with Crippen LogP contribution in [0, 0.1) is 0 Å². The number of nitrogens with zero attached hydrogens (tertiary/aromatic N) is 1. The molecule has 1 aromatic carbocycles. The molecule has 5 heteroatoms. The molecule has 0 radical (unpaired) electrons. The third kappa shape index (κ3) is 5.43. The second-order valence-electron chi connectivity index (χ2n) is 6.94. The van der Waals surface area contributed by atoms with Gasteiger partial charge >= 0.3 is 0 Å². The smallest absolute Gasteiger partial charge is 0.199 e. The molecule has 1 aliphatic heterocycles. The molecule has 0 spiro atoms. The van der Waals surface area contributed by atoms with Gasteiger partial charge in [-0.15, -0.1) is 11.8 Å². The van der Waals surface area contributed by atoms with Gasteiger partial charge in [-0.3, -0.25) is 0 Å². The van der Waals surface area contributed by atoms with E-state index >= 15 is 0 Å². The molecule has 1 fully saturated rings. The average Bonchev–Trinajstić information content (AvgIpc) is 3.16. The molecule has 1 N–H and O–H groups in total. The zero-order chi connectivity index (χ0) is 19.9. The summed E-state index contributed by atoms with van der Waals surface area (Å²) in [5, 5.41) is 4.29. The van der Waals surface area contributed by atoms with Crippen LogP contribution in [-0.2, 0) is 0 Å². The van der Waals surface area contributed by atoms with Crippen LogP contribution in [0.2, 0.25) is 0 Å². The van der Waals surface area contributed by atoms with E-state index < -0.39 is 0 Å². The lowest BCUT2D eigenvalue weighted by molar-refractivity contribution is 0.345. The molecule has 1 aromatic heterocycles. The predicted octanol–water partition coefficient (Wildman–Crippen LogP) is 6.66. The molecule has 1 aliphatic rings. The third-order valence-electron chi connectivity index (χ3n) is 4.82. The summed E-state index contributed by atoms with van der Waals surface area (Å²) in [7, 11) is 0. The van der Waals surface area contributed by atoms with Crippen LogP contribution in [0.1, 0.15) is 38.5 Å². The van der Waals surface area contributed by atoms with Crippen LogP contribution in [0.15, 0.2) is 74.0 Å². The van der Waals surface area contributed by atoms with Gasteiger partial charge in [0.1, 0.15) is 5.69 Å². The minimum absolute atomic E-state index is 0.395. The fourth-order valence-electron chi connectivity index (χ4n) is 3.06. The summed E-state index contributed by atoms with van der Waals surface area (Å²) < 4.78 is 6.31. The molecule has 3 nitrogen and oxygen atoms in total. The molecule has 148 valence electrons. The van der Waals surface area contributed by atoms with Crippen molar-refractivity contribution in [2.24, 2.45) is 0 Å². The summed E-state index contributed by atoms with van der Waals surface area (Å²) in [6, 6.07) is 8.57. The van der Waals surface area contributed by atoms with Crippen molar-refractivity contribution >= 4 is 23.5 Å². The van der Waals surface area contributed by atoms with E-state index in [0.29, 0.717) is 5.92 Å². The Kier molecular flexibility index (Phi) is 7.65. The molecule has 0 unspecified atom stereocenters. The van der Waals surface area contributed by atoms with E-state index in [1.165, 1.54) is 4.90 Å². The first-order valence-corrected chi connectivity index (χ1v) is 11.7. The zero-order valence-electron chi connectivity index (χ0n) is 16.8. The number of aromatic nitrogens is 1. The number of benzene rings is 1. The van der Waals surface area contributed by atoms with Crippen molar-refractivity contribution in [3.8, 4) is 11.3 Å². The van der Waals surface area contributed by atoms with Gasteiger partial charge in [-0.1, -0.05) is 54.3 Å². The second kappa shape index (κ2) is 10.2. The van der Waals surface area contributed by atoms with Gasteiger partial charge in [0.15, 0.2) is 11.0 Å². The summed E-state index contributed by atoms with van der Waals surface area (Å²) in [5.74, 6) is 1.27. The van der Waals surface area contributed by atoms with Crippen LogP contribution < -0.4 is 5.32 Å². The van der Waals surface area contributed by atoms with E-state index in [9.17, 15) is 0 Å². The highest BCUT2D eigenvalue weighted by molar-refractivity contribution is 8.03. The highest BCUT2D eigenvalue weighted by Gasteiger charge is 2.24. The minimum Gasteiger partial charge on any atom is -0.433 e. The van der Waals surface area contributed by atoms with Gasteiger partial charge in [0.2, 0.25) is 0 Å². The SMILES string of the molecule is C=C/C(C)=C\C=C(/C)Sc1oc(C2CCNCC2)nc1-c1ccc(SC)cc1. The Hall–Kier alpha value is -1.69. The largest absolute Gasteiger partial charge is 0.433 e. The zero-order valence-corrected chi connectivity index (χ0v) is 18.5. The van der Waals surface area contributed by atoms with Crippen LogP contribution in [0.4, 0.5) is 0 Å². The summed E-state index contributed by atoms with van der Waals surface area (Å²) in [6.07, 6.45) is 10.3. The third-order valence-corrected chi connectivity index (χ3v) is 6.48. The van der Waals surface area contributed by atoms with E-state index in [1.807, 2.05) is 13.0 Å². The molecule has 2 aromatic rings. The lowest BCUT2D eigenvalue weighted by Gasteiger charge is -2.19. The van der Waals surface area contributed by atoms with Crippen molar-refractivity contribution in [2.45, 2.75) is 42.6 Å². The lowest BCUT2D eigenvalue weighted by Crippen LogP contribution is -2.26. The van der Waals surface area contributed by atoms with Gasteiger partial charge in [-0.25, -0.2) is 4.98 Å². The van der Waals surface area contributed by atoms with Gasteiger partial charge in [-0.2, -0.15) is 0 Å². The molecule has 28 heavy (non-hydrogen) atoms. The summed E-state index contributed by atoms with van der Waals surface area (Å²) in [5.41, 5.74) is 3.19. The Labute approximate surface area is 176 Å². The molecular weight excluding hydrogens is 384 g/mol. The Balaban J connectivity index is 1.93. The van der Waals surface area contributed by atoms with E-state index in [2.05, 4.69) is 61.5 Å².